The van der Waals surface area contributed by atoms with Gasteiger partial charge in [-0.2, -0.15) is 5.10 Å². The first kappa shape index (κ1) is 18.3. The number of aromatic nitrogens is 4. The van der Waals surface area contributed by atoms with Crippen molar-refractivity contribution in [1.29, 1.82) is 0 Å². The van der Waals surface area contributed by atoms with Gasteiger partial charge in [0.2, 0.25) is 5.91 Å². The summed E-state index contributed by atoms with van der Waals surface area (Å²) in [6.45, 7) is 4.28. The number of H-pyrrole nitrogens is 1. The highest BCUT2D eigenvalue weighted by Gasteiger charge is 2.21. The SMILES string of the molecule is Cc1nc(CCNC(=O)C(C)c2n[nH]c(=O)c3ccccc23)nc2c1CCC2. The Morgan fingerprint density at radius 1 is 1.21 bits per heavy atom. The van der Waals surface area contributed by atoms with Gasteiger partial charge in [0.25, 0.3) is 5.56 Å². The van der Waals surface area contributed by atoms with Gasteiger partial charge in [-0.05, 0) is 44.7 Å². The minimum atomic E-state index is -0.482. The average Bonchev–Trinajstić information content (AvgIpc) is 3.17. The van der Waals surface area contributed by atoms with Gasteiger partial charge in [-0.25, -0.2) is 15.1 Å². The molecule has 0 saturated carbocycles. The zero-order chi connectivity index (χ0) is 19.7. The molecule has 1 aromatic carbocycles. The second-order valence-corrected chi connectivity index (χ2v) is 7.25. The number of aryl methyl sites for hydroxylation is 2. The first-order chi connectivity index (χ1) is 13.5. The lowest BCUT2D eigenvalue weighted by atomic mass is 10.0. The molecule has 0 bridgehead atoms. The normalized spacial score (nSPS) is 14.1. The molecule has 1 amide bonds. The molecular formula is C21H23N5O2. The number of fused-ring (bicyclic) bond motifs is 2. The number of hydrogen-bond acceptors (Lipinski definition) is 5. The Morgan fingerprint density at radius 2 is 2.00 bits per heavy atom. The molecular weight excluding hydrogens is 354 g/mol. The van der Waals surface area contributed by atoms with Crippen LogP contribution in [0, 0.1) is 6.92 Å². The summed E-state index contributed by atoms with van der Waals surface area (Å²) in [6, 6.07) is 7.19. The number of aromatic amines is 1. The van der Waals surface area contributed by atoms with E-state index in [2.05, 4.69) is 25.5 Å². The summed E-state index contributed by atoms with van der Waals surface area (Å²) in [5, 5.41) is 10.8. The van der Waals surface area contributed by atoms with Crippen LogP contribution in [0.2, 0.25) is 0 Å². The van der Waals surface area contributed by atoms with E-state index < -0.39 is 5.92 Å². The number of benzene rings is 1. The third-order valence-corrected chi connectivity index (χ3v) is 5.36. The van der Waals surface area contributed by atoms with Crippen molar-refractivity contribution < 1.29 is 4.79 Å². The predicted molar refractivity (Wildman–Crippen MR) is 106 cm³/mol. The van der Waals surface area contributed by atoms with Crippen LogP contribution in [0.1, 0.15) is 47.7 Å². The molecule has 3 aromatic rings. The number of nitrogens with one attached hydrogen (secondary N) is 2. The molecule has 0 spiro atoms. The molecule has 0 fully saturated rings. The molecule has 7 heteroatoms. The van der Waals surface area contributed by atoms with Crippen LogP contribution in [0.25, 0.3) is 10.8 Å². The van der Waals surface area contributed by atoms with Gasteiger partial charge in [0.05, 0.1) is 17.0 Å². The Labute approximate surface area is 162 Å². The Kier molecular flexibility index (Phi) is 4.90. The second kappa shape index (κ2) is 7.50. The summed E-state index contributed by atoms with van der Waals surface area (Å²) in [4.78, 5) is 33.8. The maximum atomic E-state index is 12.6. The van der Waals surface area contributed by atoms with E-state index in [1.54, 1.807) is 19.1 Å². The summed E-state index contributed by atoms with van der Waals surface area (Å²) in [5.74, 6) is 0.158. The molecule has 2 aromatic heterocycles. The number of carbonyl (C=O) groups excluding carboxylic acids is 1. The van der Waals surface area contributed by atoms with Crippen molar-refractivity contribution in [3.8, 4) is 0 Å². The molecule has 144 valence electrons. The van der Waals surface area contributed by atoms with Crippen LogP contribution in [-0.2, 0) is 24.1 Å². The van der Waals surface area contributed by atoms with Gasteiger partial charge in [-0.1, -0.05) is 18.2 Å². The van der Waals surface area contributed by atoms with Crippen LogP contribution in [0.4, 0.5) is 0 Å². The van der Waals surface area contributed by atoms with E-state index in [1.807, 2.05) is 19.1 Å². The van der Waals surface area contributed by atoms with Gasteiger partial charge in [0, 0.05) is 29.7 Å². The molecule has 0 radical (unpaired) electrons. The molecule has 1 atom stereocenters. The molecule has 4 rings (SSSR count). The van der Waals surface area contributed by atoms with Crippen LogP contribution < -0.4 is 10.9 Å². The smallest absolute Gasteiger partial charge is 0.272 e. The lowest BCUT2D eigenvalue weighted by molar-refractivity contribution is -0.122. The van der Waals surface area contributed by atoms with E-state index in [9.17, 15) is 9.59 Å². The summed E-state index contributed by atoms with van der Waals surface area (Å²) in [5.41, 5.74) is 3.82. The Hall–Kier alpha value is -3.09. The van der Waals surface area contributed by atoms with Gasteiger partial charge in [-0.15, -0.1) is 0 Å². The van der Waals surface area contributed by atoms with E-state index >= 15 is 0 Å². The third-order valence-electron chi connectivity index (χ3n) is 5.36. The van der Waals surface area contributed by atoms with Gasteiger partial charge in [0.15, 0.2) is 0 Å². The summed E-state index contributed by atoms with van der Waals surface area (Å²) in [7, 11) is 0. The molecule has 0 aliphatic heterocycles. The van der Waals surface area contributed by atoms with Crippen LogP contribution in [0.15, 0.2) is 29.1 Å². The average molecular weight is 377 g/mol. The van der Waals surface area contributed by atoms with Crippen molar-refractivity contribution in [2.45, 2.75) is 45.4 Å². The highest BCUT2D eigenvalue weighted by Crippen LogP contribution is 2.23. The van der Waals surface area contributed by atoms with E-state index in [0.29, 0.717) is 29.4 Å². The van der Waals surface area contributed by atoms with Crippen molar-refractivity contribution in [1.82, 2.24) is 25.5 Å². The number of amides is 1. The monoisotopic (exact) mass is 377 g/mol. The van der Waals surface area contributed by atoms with Gasteiger partial charge < -0.3 is 5.32 Å². The molecule has 1 aliphatic rings. The van der Waals surface area contributed by atoms with Crippen molar-refractivity contribution in [3.63, 3.8) is 0 Å². The van der Waals surface area contributed by atoms with Crippen LogP contribution in [0.5, 0.6) is 0 Å². The Morgan fingerprint density at radius 3 is 2.82 bits per heavy atom. The van der Waals surface area contributed by atoms with Crippen molar-refractivity contribution in [3.05, 3.63) is 63.1 Å². The largest absolute Gasteiger partial charge is 0.355 e. The van der Waals surface area contributed by atoms with Gasteiger partial charge in [0.1, 0.15) is 5.82 Å². The van der Waals surface area contributed by atoms with E-state index in [-0.39, 0.29) is 11.5 Å². The molecule has 0 saturated heterocycles. The standard InChI is InChI=1S/C21H23N5O2/c1-12(19-15-6-3-4-7-16(15)21(28)26-25-19)20(27)22-11-10-18-23-13(2)14-8-5-9-17(14)24-18/h3-4,6-7,12H,5,8-11H2,1-2H3,(H,22,27)(H,26,28). The topological polar surface area (TPSA) is 101 Å². The quantitative estimate of drug-likeness (QED) is 0.708. The molecule has 2 heterocycles. The fourth-order valence-corrected chi connectivity index (χ4v) is 3.84. The minimum absolute atomic E-state index is 0.136. The highest BCUT2D eigenvalue weighted by atomic mass is 16.2. The fraction of sp³-hybridized carbons (Fsp3) is 0.381. The van der Waals surface area contributed by atoms with E-state index in [4.69, 9.17) is 0 Å². The Balaban J connectivity index is 1.44. The first-order valence-electron chi connectivity index (χ1n) is 9.65. The second-order valence-electron chi connectivity index (χ2n) is 7.25. The zero-order valence-corrected chi connectivity index (χ0v) is 16.1. The predicted octanol–water partition coefficient (Wildman–Crippen LogP) is 1.97. The molecule has 28 heavy (non-hydrogen) atoms. The number of carbonyl (C=O) groups is 1. The summed E-state index contributed by atoms with van der Waals surface area (Å²) < 4.78 is 0. The zero-order valence-electron chi connectivity index (χ0n) is 16.1. The lowest BCUT2D eigenvalue weighted by Gasteiger charge is -2.13. The molecule has 2 N–H and O–H groups in total. The maximum absolute atomic E-state index is 12.6. The number of nitrogens with zero attached hydrogens (tertiary/aromatic N) is 3. The summed E-state index contributed by atoms with van der Waals surface area (Å²) >= 11 is 0. The van der Waals surface area contributed by atoms with E-state index in [0.717, 1.165) is 36.5 Å². The van der Waals surface area contributed by atoms with Crippen LogP contribution in [0.3, 0.4) is 0 Å². The van der Waals surface area contributed by atoms with Crippen molar-refractivity contribution in [2.75, 3.05) is 6.54 Å². The lowest BCUT2D eigenvalue weighted by Crippen LogP contribution is -2.31. The number of hydrogen-bond donors (Lipinski definition) is 2. The van der Waals surface area contributed by atoms with Gasteiger partial charge >= 0.3 is 0 Å². The molecule has 7 nitrogen and oxygen atoms in total. The van der Waals surface area contributed by atoms with Crippen LogP contribution in [-0.4, -0.2) is 32.6 Å². The van der Waals surface area contributed by atoms with Crippen LogP contribution >= 0.6 is 0 Å². The summed E-state index contributed by atoms with van der Waals surface area (Å²) in [6.07, 6.45) is 3.81. The van der Waals surface area contributed by atoms with E-state index in [1.165, 1.54) is 5.56 Å². The van der Waals surface area contributed by atoms with Crippen molar-refractivity contribution in [2.24, 2.45) is 0 Å². The third kappa shape index (κ3) is 3.40. The maximum Gasteiger partial charge on any atom is 0.272 e. The van der Waals surface area contributed by atoms with Crippen molar-refractivity contribution >= 4 is 16.7 Å². The Bertz CT molecular complexity index is 1110. The first-order valence-corrected chi connectivity index (χ1v) is 9.65. The highest BCUT2D eigenvalue weighted by molar-refractivity contribution is 5.90. The molecule has 1 aliphatic carbocycles. The van der Waals surface area contributed by atoms with Gasteiger partial charge in [-0.3, -0.25) is 9.59 Å². The fourth-order valence-electron chi connectivity index (χ4n) is 3.84. The minimum Gasteiger partial charge on any atom is -0.355 e. The number of rotatable bonds is 5. The molecule has 1 unspecified atom stereocenters.